The molecule has 0 atom stereocenters. The Balaban J connectivity index is 1.86. The number of anilines is 1. The van der Waals surface area contributed by atoms with Gasteiger partial charge >= 0.3 is 0 Å². The van der Waals surface area contributed by atoms with Crippen molar-refractivity contribution in [1.29, 1.82) is 0 Å². The lowest BCUT2D eigenvalue weighted by molar-refractivity contribution is 0.354. The van der Waals surface area contributed by atoms with Gasteiger partial charge in [0.25, 0.3) is 0 Å². The van der Waals surface area contributed by atoms with E-state index in [1.54, 1.807) is 14.2 Å². The van der Waals surface area contributed by atoms with Crippen LogP contribution in [0.4, 0.5) is 5.69 Å². The van der Waals surface area contributed by atoms with Crippen molar-refractivity contribution in [3.8, 4) is 11.5 Å². The van der Waals surface area contributed by atoms with Crippen LogP contribution in [0.5, 0.6) is 11.5 Å². The minimum atomic E-state index is 0.627. The quantitative estimate of drug-likeness (QED) is 0.779. The number of aryl methyl sites for hydroxylation is 2. The standard InChI is InChI=1S/C19H24N2O2S/c1-13-5-7-16(14(2)11-13)21-19(24)20-10-9-15-6-8-17(22-3)18(12-15)23-4/h5-8,11-12H,9-10H2,1-4H3,(H2,20,21,24). The minimum absolute atomic E-state index is 0.627. The van der Waals surface area contributed by atoms with E-state index in [9.17, 15) is 0 Å². The molecule has 0 aliphatic rings. The number of thiocarbonyl (C=S) groups is 1. The minimum Gasteiger partial charge on any atom is -0.493 e. The topological polar surface area (TPSA) is 42.5 Å². The molecule has 0 spiro atoms. The number of ether oxygens (including phenoxy) is 2. The van der Waals surface area contributed by atoms with Crippen molar-refractivity contribution in [2.45, 2.75) is 20.3 Å². The van der Waals surface area contributed by atoms with Crippen molar-refractivity contribution >= 4 is 23.0 Å². The monoisotopic (exact) mass is 344 g/mol. The summed E-state index contributed by atoms with van der Waals surface area (Å²) in [5.74, 6) is 1.48. The van der Waals surface area contributed by atoms with Gasteiger partial charge in [0, 0.05) is 12.2 Å². The lowest BCUT2D eigenvalue weighted by Gasteiger charge is -2.13. The van der Waals surface area contributed by atoms with Gasteiger partial charge in [-0.25, -0.2) is 0 Å². The van der Waals surface area contributed by atoms with Crippen molar-refractivity contribution in [3.63, 3.8) is 0 Å². The van der Waals surface area contributed by atoms with E-state index in [1.807, 2.05) is 24.3 Å². The van der Waals surface area contributed by atoms with Gasteiger partial charge in [-0.05, 0) is 61.8 Å². The highest BCUT2D eigenvalue weighted by molar-refractivity contribution is 7.80. The molecule has 0 saturated heterocycles. The third-order valence-corrected chi connectivity index (χ3v) is 4.02. The van der Waals surface area contributed by atoms with Crippen LogP contribution in [0, 0.1) is 13.8 Å². The maximum atomic E-state index is 5.37. The first kappa shape index (κ1) is 18.1. The molecule has 4 nitrogen and oxygen atoms in total. The SMILES string of the molecule is COc1ccc(CCNC(=S)Nc2ccc(C)cc2C)cc1OC. The van der Waals surface area contributed by atoms with E-state index in [1.165, 1.54) is 11.1 Å². The first-order chi connectivity index (χ1) is 11.5. The fourth-order valence-corrected chi connectivity index (χ4v) is 2.69. The molecule has 5 heteroatoms. The molecule has 0 fully saturated rings. The zero-order chi connectivity index (χ0) is 17.5. The summed E-state index contributed by atoms with van der Waals surface area (Å²) in [6.45, 7) is 4.89. The Hall–Kier alpha value is -2.27. The molecule has 2 aromatic rings. The summed E-state index contributed by atoms with van der Waals surface area (Å²) in [4.78, 5) is 0. The van der Waals surface area contributed by atoms with E-state index in [-0.39, 0.29) is 0 Å². The smallest absolute Gasteiger partial charge is 0.170 e. The lowest BCUT2D eigenvalue weighted by atomic mass is 10.1. The number of methoxy groups -OCH3 is 2. The Morgan fingerprint density at radius 2 is 1.75 bits per heavy atom. The molecule has 24 heavy (non-hydrogen) atoms. The molecule has 128 valence electrons. The fraction of sp³-hybridized carbons (Fsp3) is 0.316. The second-order valence-corrected chi connectivity index (χ2v) is 6.05. The first-order valence-corrected chi connectivity index (χ1v) is 8.27. The highest BCUT2D eigenvalue weighted by Crippen LogP contribution is 2.27. The summed E-state index contributed by atoms with van der Waals surface area (Å²) in [6, 6.07) is 12.2. The molecule has 0 radical (unpaired) electrons. The number of hydrogen-bond acceptors (Lipinski definition) is 3. The van der Waals surface area contributed by atoms with Crippen molar-refractivity contribution in [2.75, 3.05) is 26.1 Å². The third-order valence-electron chi connectivity index (χ3n) is 3.78. The molecule has 0 unspecified atom stereocenters. The van der Waals surface area contributed by atoms with Crippen LogP contribution in [0.1, 0.15) is 16.7 Å². The zero-order valence-corrected chi connectivity index (χ0v) is 15.4. The van der Waals surface area contributed by atoms with E-state index in [4.69, 9.17) is 21.7 Å². The van der Waals surface area contributed by atoms with E-state index < -0.39 is 0 Å². The zero-order valence-electron chi connectivity index (χ0n) is 14.6. The summed E-state index contributed by atoms with van der Waals surface area (Å²) < 4.78 is 10.6. The van der Waals surface area contributed by atoms with Crippen molar-refractivity contribution < 1.29 is 9.47 Å². The molecule has 0 aliphatic heterocycles. The van der Waals surface area contributed by atoms with Gasteiger partial charge in [0.05, 0.1) is 14.2 Å². The van der Waals surface area contributed by atoms with Crippen LogP contribution in [0.2, 0.25) is 0 Å². The van der Waals surface area contributed by atoms with Gasteiger partial charge in [-0.2, -0.15) is 0 Å². The molecule has 0 saturated carbocycles. The van der Waals surface area contributed by atoms with Gasteiger partial charge in [0.2, 0.25) is 0 Å². The summed E-state index contributed by atoms with van der Waals surface area (Å²) in [5.41, 5.74) is 4.61. The highest BCUT2D eigenvalue weighted by Gasteiger charge is 2.05. The normalized spacial score (nSPS) is 10.2. The number of rotatable bonds is 6. The van der Waals surface area contributed by atoms with Gasteiger partial charge in [-0.1, -0.05) is 23.8 Å². The van der Waals surface area contributed by atoms with Crippen LogP contribution >= 0.6 is 12.2 Å². The maximum absolute atomic E-state index is 5.37. The molecule has 0 heterocycles. The fourth-order valence-electron chi connectivity index (χ4n) is 2.48. The maximum Gasteiger partial charge on any atom is 0.170 e. The van der Waals surface area contributed by atoms with Crippen LogP contribution in [-0.4, -0.2) is 25.9 Å². The van der Waals surface area contributed by atoms with Gasteiger partial charge in [0.1, 0.15) is 0 Å². The molecule has 0 bridgehead atoms. The molecule has 0 aromatic heterocycles. The Labute approximate surface area is 149 Å². The van der Waals surface area contributed by atoms with Crippen LogP contribution in [0.3, 0.4) is 0 Å². The summed E-state index contributed by atoms with van der Waals surface area (Å²) in [7, 11) is 3.28. The Morgan fingerprint density at radius 3 is 2.42 bits per heavy atom. The van der Waals surface area contributed by atoms with E-state index in [0.717, 1.165) is 35.7 Å². The molecule has 0 aliphatic carbocycles. The van der Waals surface area contributed by atoms with E-state index >= 15 is 0 Å². The number of hydrogen-bond donors (Lipinski definition) is 2. The van der Waals surface area contributed by atoms with Gasteiger partial charge in [-0.15, -0.1) is 0 Å². The first-order valence-electron chi connectivity index (χ1n) is 7.86. The summed E-state index contributed by atoms with van der Waals surface area (Å²) in [5, 5.41) is 7.10. The third kappa shape index (κ3) is 4.86. The average Bonchev–Trinajstić information content (AvgIpc) is 2.57. The second kappa shape index (κ2) is 8.55. The summed E-state index contributed by atoms with van der Waals surface area (Å²) in [6.07, 6.45) is 0.842. The second-order valence-electron chi connectivity index (χ2n) is 5.64. The number of nitrogens with one attached hydrogen (secondary N) is 2. The van der Waals surface area contributed by atoms with Crippen molar-refractivity contribution in [3.05, 3.63) is 53.1 Å². The molecular weight excluding hydrogens is 320 g/mol. The highest BCUT2D eigenvalue weighted by atomic mass is 32.1. The van der Waals surface area contributed by atoms with Crippen LogP contribution < -0.4 is 20.1 Å². The van der Waals surface area contributed by atoms with Crippen molar-refractivity contribution in [1.82, 2.24) is 5.32 Å². The van der Waals surface area contributed by atoms with Crippen LogP contribution in [-0.2, 0) is 6.42 Å². The Bertz CT molecular complexity index is 717. The van der Waals surface area contributed by atoms with Gasteiger partial charge in [-0.3, -0.25) is 0 Å². The van der Waals surface area contributed by atoms with Crippen LogP contribution in [0.25, 0.3) is 0 Å². The summed E-state index contributed by atoms with van der Waals surface area (Å²) >= 11 is 5.37. The lowest BCUT2D eigenvalue weighted by Crippen LogP contribution is -2.30. The average molecular weight is 344 g/mol. The molecular formula is C19H24N2O2S. The van der Waals surface area contributed by atoms with Crippen molar-refractivity contribution in [2.24, 2.45) is 0 Å². The molecule has 2 N–H and O–H groups in total. The predicted octanol–water partition coefficient (Wildman–Crippen LogP) is 3.85. The molecule has 0 amide bonds. The molecule has 2 rings (SSSR count). The predicted molar refractivity (Wildman–Crippen MR) is 103 cm³/mol. The van der Waals surface area contributed by atoms with E-state index in [0.29, 0.717) is 5.11 Å². The van der Waals surface area contributed by atoms with Gasteiger partial charge < -0.3 is 20.1 Å². The van der Waals surface area contributed by atoms with Crippen LogP contribution in [0.15, 0.2) is 36.4 Å². The Kier molecular flexibility index (Phi) is 6.44. The largest absolute Gasteiger partial charge is 0.493 e. The van der Waals surface area contributed by atoms with E-state index in [2.05, 4.69) is 36.6 Å². The van der Waals surface area contributed by atoms with Gasteiger partial charge in [0.15, 0.2) is 16.6 Å². The Morgan fingerprint density at radius 1 is 1.00 bits per heavy atom. The number of benzene rings is 2. The molecule has 2 aromatic carbocycles.